The molecule has 2 amide bonds. The lowest BCUT2D eigenvalue weighted by molar-refractivity contribution is -0.138. The summed E-state index contributed by atoms with van der Waals surface area (Å²) in [7, 11) is 0. The summed E-state index contributed by atoms with van der Waals surface area (Å²) in [6.07, 6.45) is 3.15. The van der Waals surface area contributed by atoms with Crippen molar-refractivity contribution in [3.8, 4) is 0 Å². The second-order valence-corrected chi connectivity index (χ2v) is 9.22. The van der Waals surface area contributed by atoms with Gasteiger partial charge in [0.15, 0.2) is 5.78 Å². The average Bonchev–Trinajstić information content (AvgIpc) is 2.70. The molecule has 0 heterocycles. The molecular formula is C23H36N2O7. The van der Waals surface area contributed by atoms with E-state index in [0.717, 1.165) is 6.08 Å². The summed E-state index contributed by atoms with van der Waals surface area (Å²) in [5.41, 5.74) is -0.673. The first kappa shape index (κ1) is 27.2. The van der Waals surface area contributed by atoms with Gasteiger partial charge in [0, 0.05) is 24.6 Å². The molecule has 1 fully saturated rings. The fourth-order valence-electron chi connectivity index (χ4n) is 4.35. The molecule has 0 aromatic rings. The normalized spacial score (nSPS) is 20.9. The van der Waals surface area contributed by atoms with Crippen LogP contribution in [0.1, 0.15) is 53.4 Å². The molecule has 1 saturated carbocycles. The van der Waals surface area contributed by atoms with Gasteiger partial charge in [-0.25, -0.2) is 14.4 Å². The fourth-order valence-corrected chi connectivity index (χ4v) is 4.35. The Balaban J connectivity index is 2.54. The molecule has 0 atom stereocenters. The SMILES string of the molecule is C=CC(=O)CCCOC(=O)NC1C(C)(C)CC(NC(=O)OCCOC(=O)C=C)CC1(C)C. The molecule has 0 spiro atoms. The van der Waals surface area contributed by atoms with Gasteiger partial charge in [-0.2, -0.15) is 0 Å². The van der Waals surface area contributed by atoms with Gasteiger partial charge in [0.25, 0.3) is 0 Å². The van der Waals surface area contributed by atoms with Crippen molar-refractivity contribution >= 4 is 23.9 Å². The summed E-state index contributed by atoms with van der Waals surface area (Å²) < 4.78 is 15.1. The minimum absolute atomic E-state index is 0.0459. The quantitative estimate of drug-likeness (QED) is 0.214. The van der Waals surface area contributed by atoms with Crippen LogP contribution < -0.4 is 10.6 Å². The molecule has 2 N–H and O–H groups in total. The summed E-state index contributed by atoms with van der Waals surface area (Å²) in [5.74, 6) is -0.662. The van der Waals surface area contributed by atoms with Gasteiger partial charge >= 0.3 is 18.2 Å². The first-order valence-electron chi connectivity index (χ1n) is 10.7. The van der Waals surface area contributed by atoms with Crippen molar-refractivity contribution < 1.29 is 33.4 Å². The zero-order valence-corrected chi connectivity index (χ0v) is 19.5. The molecule has 0 saturated heterocycles. The Hall–Kier alpha value is -2.84. The first-order chi connectivity index (χ1) is 14.9. The molecule has 1 aliphatic carbocycles. The first-order valence-corrected chi connectivity index (χ1v) is 10.7. The number of ketones is 1. The maximum Gasteiger partial charge on any atom is 0.407 e. The maximum absolute atomic E-state index is 12.3. The summed E-state index contributed by atoms with van der Waals surface area (Å²) >= 11 is 0. The van der Waals surface area contributed by atoms with Gasteiger partial charge < -0.3 is 24.8 Å². The number of carbonyl (C=O) groups excluding carboxylic acids is 4. The Kier molecular flexibility index (Phi) is 10.4. The predicted octanol–water partition coefficient (Wildman–Crippen LogP) is 3.29. The molecule has 9 nitrogen and oxygen atoms in total. The van der Waals surface area contributed by atoms with Crippen molar-refractivity contribution in [3.63, 3.8) is 0 Å². The summed E-state index contributed by atoms with van der Waals surface area (Å²) in [5, 5.41) is 5.82. The van der Waals surface area contributed by atoms with E-state index in [0.29, 0.717) is 19.3 Å². The van der Waals surface area contributed by atoms with Crippen LogP contribution in [-0.4, -0.2) is 55.8 Å². The molecule has 1 rings (SSSR count). The van der Waals surface area contributed by atoms with Crippen LogP contribution in [0.15, 0.2) is 25.3 Å². The lowest BCUT2D eigenvalue weighted by Crippen LogP contribution is -2.61. The van der Waals surface area contributed by atoms with Crippen molar-refractivity contribution in [1.29, 1.82) is 0 Å². The molecule has 1 aliphatic rings. The Labute approximate surface area is 189 Å². The molecule has 0 unspecified atom stereocenters. The monoisotopic (exact) mass is 452 g/mol. The molecule has 32 heavy (non-hydrogen) atoms. The van der Waals surface area contributed by atoms with Gasteiger partial charge in [-0.3, -0.25) is 4.79 Å². The molecule has 0 aliphatic heterocycles. The maximum atomic E-state index is 12.3. The third-order valence-electron chi connectivity index (χ3n) is 5.45. The van der Waals surface area contributed by atoms with Crippen molar-refractivity contribution in [2.45, 2.75) is 65.5 Å². The largest absolute Gasteiger partial charge is 0.459 e. The van der Waals surface area contributed by atoms with Crippen molar-refractivity contribution in [2.24, 2.45) is 10.8 Å². The molecule has 0 radical (unpaired) electrons. The molecule has 9 heteroatoms. The topological polar surface area (TPSA) is 120 Å². The molecule has 0 aromatic carbocycles. The number of hydrogen-bond donors (Lipinski definition) is 2. The highest BCUT2D eigenvalue weighted by molar-refractivity contribution is 5.88. The lowest BCUT2D eigenvalue weighted by Gasteiger charge is -2.51. The highest BCUT2D eigenvalue weighted by atomic mass is 16.6. The number of hydrogen-bond acceptors (Lipinski definition) is 7. The van der Waals surface area contributed by atoms with Gasteiger partial charge in [0.05, 0.1) is 6.61 Å². The van der Waals surface area contributed by atoms with E-state index in [2.05, 4.69) is 23.8 Å². The van der Waals surface area contributed by atoms with Crippen LogP contribution in [0.3, 0.4) is 0 Å². The van der Waals surface area contributed by atoms with E-state index in [1.54, 1.807) is 0 Å². The highest BCUT2D eigenvalue weighted by Crippen LogP contribution is 2.46. The summed E-state index contributed by atoms with van der Waals surface area (Å²) in [6.45, 7) is 14.8. The third kappa shape index (κ3) is 9.11. The summed E-state index contributed by atoms with van der Waals surface area (Å²) in [6, 6.07) is -0.341. The summed E-state index contributed by atoms with van der Waals surface area (Å²) in [4.78, 5) is 46.6. The predicted molar refractivity (Wildman–Crippen MR) is 119 cm³/mol. The van der Waals surface area contributed by atoms with Crippen LogP contribution in [0.5, 0.6) is 0 Å². The van der Waals surface area contributed by atoms with E-state index in [1.165, 1.54) is 6.08 Å². The number of alkyl carbamates (subject to hydrolysis) is 2. The average molecular weight is 453 g/mol. The van der Waals surface area contributed by atoms with Gasteiger partial charge in [0.2, 0.25) is 0 Å². The minimum atomic E-state index is -0.587. The standard InChI is InChI=1S/C23H36N2O7/c1-7-17(26)10-9-11-31-21(29)25-19-22(3,4)14-16(15-23(19,5)6)24-20(28)32-13-12-30-18(27)8-2/h7-8,16,19H,1-2,9-15H2,3-6H3,(H,24,28)(H,25,29). The highest BCUT2D eigenvalue weighted by Gasteiger charge is 2.48. The zero-order chi connectivity index (χ0) is 24.4. The van der Waals surface area contributed by atoms with E-state index in [-0.39, 0.29) is 54.9 Å². The smallest absolute Gasteiger partial charge is 0.407 e. The number of rotatable bonds is 11. The zero-order valence-electron chi connectivity index (χ0n) is 19.5. The van der Waals surface area contributed by atoms with Gasteiger partial charge in [-0.1, -0.05) is 40.9 Å². The number of ether oxygens (including phenoxy) is 3. The van der Waals surface area contributed by atoms with Gasteiger partial charge in [-0.05, 0) is 36.2 Å². The Morgan fingerprint density at radius 1 is 0.844 bits per heavy atom. The van der Waals surface area contributed by atoms with Crippen LogP contribution in [-0.2, 0) is 23.8 Å². The number of carbonyl (C=O) groups is 4. The Morgan fingerprint density at radius 2 is 1.38 bits per heavy atom. The van der Waals surface area contributed by atoms with E-state index in [1.807, 2.05) is 27.7 Å². The van der Waals surface area contributed by atoms with Crippen LogP contribution >= 0.6 is 0 Å². The van der Waals surface area contributed by atoms with E-state index < -0.39 is 18.2 Å². The molecule has 0 aromatic heterocycles. The number of esters is 1. The second-order valence-electron chi connectivity index (χ2n) is 9.22. The molecule has 0 bridgehead atoms. The van der Waals surface area contributed by atoms with Crippen LogP contribution in [0.4, 0.5) is 9.59 Å². The number of allylic oxidation sites excluding steroid dienone is 1. The lowest BCUT2D eigenvalue weighted by atomic mass is 9.59. The Morgan fingerprint density at radius 3 is 1.94 bits per heavy atom. The minimum Gasteiger partial charge on any atom is -0.459 e. The van der Waals surface area contributed by atoms with Gasteiger partial charge in [0.1, 0.15) is 13.2 Å². The Bertz CT molecular complexity index is 697. The van der Waals surface area contributed by atoms with E-state index in [9.17, 15) is 19.2 Å². The van der Waals surface area contributed by atoms with Crippen molar-refractivity contribution in [3.05, 3.63) is 25.3 Å². The number of nitrogens with one attached hydrogen (secondary N) is 2. The second kappa shape index (κ2) is 12.3. The van der Waals surface area contributed by atoms with Crippen LogP contribution in [0, 0.1) is 10.8 Å². The number of amides is 2. The van der Waals surface area contributed by atoms with E-state index in [4.69, 9.17) is 14.2 Å². The van der Waals surface area contributed by atoms with Crippen LogP contribution in [0.25, 0.3) is 0 Å². The van der Waals surface area contributed by atoms with Crippen LogP contribution in [0.2, 0.25) is 0 Å². The van der Waals surface area contributed by atoms with Crippen molar-refractivity contribution in [1.82, 2.24) is 10.6 Å². The van der Waals surface area contributed by atoms with Gasteiger partial charge in [-0.15, -0.1) is 0 Å². The fraction of sp³-hybridized carbons (Fsp3) is 0.652. The molecule has 180 valence electrons. The van der Waals surface area contributed by atoms with E-state index >= 15 is 0 Å². The molecular weight excluding hydrogens is 416 g/mol. The van der Waals surface area contributed by atoms with Crippen molar-refractivity contribution in [2.75, 3.05) is 19.8 Å². The third-order valence-corrected chi connectivity index (χ3v) is 5.45.